The highest BCUT2D eigenvalue weighted by molar-refractivity contribution is 7.11. The van der Waals surface area contributed by atoms with Crippen molar-refractivity contribution in [1.82, 2.24) is 10.3 Å². The molecule has 112 valence electrons. The van der Waals surface area contributed by atoms with Crippen molar-refractivity contribution in [2.24, 2.45) is 0 Å². The number of anilines is 1. The third-order valence-corrected chi connectivity index (χ3v) is 4.80. The van der Waals surface area contributed by atoms with Gasteiger partial charge in [-0.1, -0.05) is 0 Å². The molecule has 1 saturated heterocycles. The van der Waals surface area contributed by atoms with Crippen LogP contribution in [0.3, 0.4) is 0 Å². The lowest BCUT2D eigenvalue weighted by Crippen LogP contribution is -2.43. The zero-order valence-corrected chi connectivity index (χ0v) is 13.4. The molecule has 3 rings (SSSR count). The van der Waals surface area contributed by atoms with Crippen molar-refractivity contribution in [1.29, 1.82) is 0 Å². The van der Waals surface area contributed by atoms with E-state index in [9.17, 15) is 0 Å². The zero-order valence-electron chi connectivity index (χ0n) is 12.6. The molecule has 1 aromatic heterocycles. The normalized spacial score (nSPS) is 15.2. The molecule has 0 spiro atoms. The number of nitrogens with zero attached hydrogens (tertiary/aromatic N) is 2. The number of piperazine rings is 1. The Morgan fingerprint density at radius 3 is 2.52 bits per heavy atom. The second kappa shape index (κ2) is 6.45. The Labute approximate surface area is 129 Å². The fourth-order valence-electron chi connectivity index (χ4n) is 2.42. The highest BCUT2D eigenvalue weighted by Gasteiger charge is 2.10. The summed E-state index contributed by atoms with van der Waals surface area (Å²) >= 11 is 1.71. The van der Waals surface area contributed by atoms with Gasteiger partial charge in [0.1, 0.15) is 17.4 Å². The molecule has 2 heterocycles. The Morgan fingerprint density at radius 2 is 1.90 bits per heavy atom. The first-order valence-electron chi connectivity index (χ1n) is 7.34. The van der Waals surface area contributed by atoms with Crippen molar-refractivity contribution in [2.45, 2.75) is 20.5 Å². The molecule has 21 heavy (non-hydrogen) atoms. The summed E-state index contributed by atoms with van der Waals surface area (Å²) in [5.74, 6) is 0.902. The van der Waals surface area contributed by atoms with E-state index < -0.39 is 0 Å². The van der Waals surface area contributed by atoms with Gasteiger partial charge in [-0.2, -0.15) is 0 Å². The topological polar surface area (TPSA) is 37.4 Å². The second-order valence-electron chi connectivity index (χ2n) is 5.27. The number of benzene rings is 1. The molecule has 2 aromatic rings. The molecule has 0 bridgehead atoms. The Kier molecular flexibility index (Phi) is 4.41. The van der Waals surface area contributed by atoms with E-state index in [1.807, 2.05) is 19.1 Å². The van der Waals surface area contributed by atoms with E-state index in [4.69, 9.17) is 4.74 Å². The van der Waals surface area contributed by atoms with Gasteiger partial charge in [0.2, 0.25) is 0 Å². The summed E-state index contributed by atoms with van der Waals surface area (Å²) < 4.78 is 5.82. The SMILES string of the molecule is Cc1nc(COc2ccc(N3CCNCC3)cc2)sc1C. The summed E-state index contributed by atoms with van der Waals surface area (Å²) in [6.07, 6.45) is 0. The average Bonchev–Trinajstić information content (AvgIpc) is 2.85. The first-order chi connectivity index (χ1) is 10.2. The van der Waals surface area contributed by atoms with Gasteiger partial charge in [0.25, 0.3) is 0 Å². The van der Waals surface area contributed by atoms with E-state index >= 15 is 0 Å². The van der Waals surface area contributed by atoms with Crippen LogP contribution in [-0.4, -0.2) is 31.2 Å². The molecule has 0 unspecified atom stereocenters. The predicted octanol–water partition coefficient (Wildman–Crippen LogP) is 2.75. The molecule has 1 N–H and O–H groups in total. The lowest BCUT2D eigenvalue weighted by Gasteiger charge is -2.29. The third-order valence-electron chi connectivity index (χ3n) is 3.75. The van der Waals surface area contributed by atoms with E-state index in [1.165, 1.54) is 10.6 Å². The lowest BCUT2D eigenvalue weighted by molar-refractivity contribution is 0.305. The van der Waals surface area contributed by atoms with Crippen LogP contribution in [0, 0.1) is 13.8 Å². The van der Waals surface area contributed by atoms with E-state index in [1.54, 1.807) is 11.3 Å². The first kappa shape index (κ1) is 14.4. The summed E-state index contributed by atoms with van der Waals surface area (Å²) in [5.41, 5.74) is 2.37. The third kappa shape index (κ3) is 3.54. The molecule has 0 radical (unpaired) electrons. The molecule has 0 amide bonds. The van der Waals surface area contributed by atoms with Gasteiger partial charge < -0.3 is 15.0 Å². The van der Waals surface area contributed by atoms with Crippen molar-refractivity contribution in [2.75, 3.05) is 31.1 Å². The molecular formula is C16H21N3OS. The van der Waals surface area contributed by atoms with Crippen molar-refractivity contribution >= 4 is 17.0 Å². The Bertz CT molecular complexity index is 569. The van der Waals surface area contributed by atoms with Crippen LogP contribution in [-0.2, 0) is 6.61 Å². The maximum atomic E-state index is 5.82. The van der Waals surface area contributed by atoms with E-state index in [-0.39, 0.29) is 0 Å². The van der Waals surface area contributed by atoms with E-state index in [0.29, 0.717) is 6.61 Å². The molecule has 0 atom stereocenters. The minimum absolute atomic E-state index is 0.548. The molecule has 0 saturated carbocycles. The second-order valence-corrected chi connectivity index (χ2v) is 6.56. The summed E-state index contributed by atoms with van der Waals surface area (Å²) in [7, 11) is 0. The quantitative estimate of drug-likeness (QED) is 0.942. The molecule has 0 aliphatic carbocycles. The monoisotopic (exact) mass is 303 g/mol. The van der Waals surface area contributed by atoms with Crippen LogP contribution in [0.15, 0.2) is 24.3 Å². The number of aromatic nitrogens is 1. The molecule has 4 nitrogen and oxygen atoms in total. The summed E-state index contributed by atoms with van der Waals surface area (Å²) in [4.78, 5) is 8.16. The number of aryl methyl sites for hydroxylation is 2. The smallest absolute Gasteiger partial charge is 0.140 e. The average molecular weight is 303 g/mol. The summed E-state index contributed by atoms with van der Waals surface area (Å²) in [5, 5.41) is 4.41. The van der Waals surface area contributed by atoms with E-state index in [2.05, 4.69) is 34.3 Å². The summed E-state index contributed by atoms with van der Waals surface area (Å²) in [6, 6.07) is 8.37. The van der Waals surface area contributed by atoms with Gasteiger partial charge in [-0.25, -0.2) is 4.98 Å². The molecule has 1 aromatic carbocycles. The first-order valence-corrected chi connectivity index (χ1v) is 8.15. The van der Waals surface area contributed by atoms with Crippen molar-refractivity contribution < 1.29 is 4.74 Å². The largest absolute Gasteiger partial charge is 0.486 e. The molecule has 1 aliphatic heterocycles. The Hall–Kier alpha value is -1.59. The van der Waals surface area contributed by atoms with Gasteiger partial charge >= 0.3 is 0 Å². The van der Waals surface area contributed by atoms with Gasteiger partial charge in [0.05, 0.1) is 5.69 Å². The van der Waals surface area contributed by atoms with E-state index in [0.717, 1.165) is 42.6 Å². The van der Waals surface area contributed by atoms with Crippen LogP contribution in [0.4, 0.5) is 5.69 Å². The highest BCUT2D eigenvalue weighted by atomic mass is 32.1. The maximum Gasteiger partial charge on any atom is 0.140 e. The van der Waals surface area contributed by atoms with Crippen LogP contribution < -0.4 is 15.0 Å². The van der Waals surface area contributed by atoms with Crippen molar-refractivity contribution in [3.63, 3.8) is 0 Å². The van der Waals surface area contributed by atoms with Crippen LogP contribution in [0.5, 0.6) is 5.75 Å². The number of ether oxygens (including phenoxy) is 1. The standard InChI is InChI=1S/C16H21N3OS/c1-12-13(2)21-16(18-12)11-20-15-5-3-14(4-6-15)19-9-7-17-8-10-19/h3-6,17H,7-11H2,1-2H3. The van der Waals surface area contributed by atoms with Crippen LogP contribution in [0.25, 0.3) is 0 Å². The van der Waals surface area contributed by atoms with Crippen LogP contribution in [0.1, 0.15) is 15.6 Å². The summed E-state index contributed by atoms with van der Waals surface area (Å²) in [6.45, 7) is 8.93. The van der Waals surface area contributed by atoms with Gasteiger partial charge in [-0.15, -0.1) is 11.3 Å². The molecular weight excluding hydrogens is 282 g/mol. The number of rotatable bonds is 4. The highest BCUT2D eigenvalue weighted by Crippen LogP contribution is 2.22. The number of hydrogen-bond acceptors (Lipinski definition) is 5. The van der Waals surface area contributed by atoms with Gasteiger partial charge in [-0.05, 0) is 38.1 Å². The molecule has 1 fully saturated rings. The molecule has 5 heteroatoms. The minimum Gasteiger partial charge on any atom is -0.486 e. The minimum atomic E-state index is 0.548. The van der Waals surface area contributed by atoms with Gasteiger partial charge in [-0.3, -0.25) is 0 Å². The van der Waals surface area contributed by atoms with Gasteiger partial charge in [0.15, 0.2) is 0 Å². The van der Waals surface area contributed by atoms with Crippen molar-refractivity contribution in [3.8, 4) is 5.75 Å². The number of hydrogen-bond donors (Lipinski definition) is 1. The predicted molar refractivity (Wildman–Crippen MR) is 87.4 cm³/mol. The Balaban J connectivity index is 1.59. The fraction of sp³-hybridized carbons (Fsp3) is 0.438. The number of nitrogens with one attached hydrogen (secondary N) is 1. The van der Waals surface area contributed by atoms with Crippen LogP contribution in [0.2, 0.25) is 0 Å². The van der Waals surface area contributed by atoms with Crippen molar-refractivity contribution in [3.05, 3.63) is 39.8 Å². The maximum absolute atomic E-state index is 5.82. The lowest BCUT2D eigenvalue weighted by atomic mass is 10.2. The number of thiazole rings is 1. The van der Waals surface area contributed by atoms with Gasteiger partial charge in [0, 0.05) is 36.7 Å². The molecule has 1 aliphatic rings. The Morgan fingerprint density at radius 1 is 1.19 bits per heavy atom. The fourth-order valence-corrected chi connectivity index (χ4v) is 3.27. The zero-order chi connectivity index (χ0) is 14.7. The van der Waals surface area contributed by atoms with Crippen LogP contribution >= 0.6 is 11.3 Å².